The lowest BCUT2D eigenvalue weighted by Crippen LogP contribution is -1.77. The van der Waals surface area contributed by atoms with Crippen molar-refractivity contribution in [1.82, 2.24) is 0 Å². The van der Waals surface area contributed by atoms with Crippen LogP contribution in [0, 0.1) is 5.41 Å². The number of nitrogens with one attached hydrogen (secondary N) is 1. The molecular formula is C12H25N. The van der Waals surface area contributed by atoms with Gasteiger partial charge in [0.15, 0.2) is 0 Å². The van der Waals surface area contributed by atoms with Crippen LogP contribution in [0.25, 0.3) is 0 Å². The van der Waals surface area contributed by atoms with Crippen molar-refractivity contribution in [2.75, 3.05) is 0 Å². The third-order valence-electron chi connectivity index (χ3n) is 1.10. The molecular weight excluding hydrogens is 158 g/mol. The lowest BCUT2D eigenvalue weighted by molar-refractivity contribution is 1.17. The summed E-state index contributed by atoms with van der Waals surface area (Å²) in [6.45, 7) is 12.0. The monoisotopic (exact) mass is 183 g/mol. The van der Waals surface area contributed by atoms with Crippen LogP contribution < -0.4 is 0 Å². The number of rotatable bonds is 3. The van der Waals surface area contributed by atoms with Gasteiger partial charge in [-0.2, -0.15) is 0 Å². The second-order valence-electron chi connectivity index (χ2n) is 1.77. The third kappa shape index (κ3) is 18.3. The van der Waals surface area contributed by atoms with Crippen LogP contribution in [0.3, 0.4) is 0 Å². The van der Waals surface area contributed by atoms with E-state index in [0.717, 1.165) is 12.0 Å². The predicted octanol–water partition coefficient (Wildman–Crippen LogP) is 4.60. The first-order chi connectivity index (χ1) is 6.35. The zero-order valence-corrected chi connectivity index (χ0v) is 10.0. The Labute approximate surface area is 84.1 Å². The zero-order chi connectivity index (χ0) is 11.1. The van der Waals surface area contributed by atoms with Crippen LogP contribution >= 0.6 is 0 Å². The Bertz CT molecular complexity index is 132. The van der Waals surface area contributed by atoms with E-state index in [1.165, 1.54) is 6.21 Å². The highest BCUT2D eigenvalue weighted by molar-refractivity contribution is 5.75. The second kappa shape index (κ2) is 22.5. The summed E-state index contributed by atoms with van der Waals surface area (Å²) in [5.74, 6) is 0. The third-order valence-corrected chi connectivity index (χ3v) is 1.10. The Balaban J connectivity index is -0.000000218. The molecule has 0 radical (unpaired) electrons. The summed E-state index contributed by atoms with van der Waals surface area (Å²) >= 11 is 0. The van der Waals surface area contributed by atoms with E-state index < -0.39 is 0 Å². The highest BCUT2D eigenvalue weighted by Crippen LogP contribution is 1.95. The molecule has 0 spiro atoms. The summed E-state index contributed by atoms with van der Waals surface area (Å²) in [7, 11) is 0. The van der Waals surface area contributed by atoms with Gasteiger partial charge in [-0.25, -0.2) is 0 Å². The Morgan fingerprint density at radius 2 is 1.62 bits per heavy atom. The van der Waals surface area contributed by atoms with E-state index >= 15 is 0 Å². The van der Waals surface area contributed by atoms with E-state index in [0.29, 0.717) is 0 Å². The Hall–Kier alpha value is -0.850. The average molecular weight is 183 g/mol. The van der Waals surface area contributed by atoms with Crippen molar-refractivity contribution in [1.29, 1.82) is 5.41 Å². The van der Waals surface area contributed by atoms with Crippen molar-refractivity contribution in [2.45, 2.75) is 48.0 Å². The minimum Gasteiger partial charge on any atom is -0.308 e. The van der Waals surface area contributed by atoms with Gasteiger partial charge in [0.25, 0.3) is 0 Å². The normalized spacial score (nSPS) is 9.54. The van der Waals surface area contributed by atoms with Crippen LogP contribution in [0.5, 0.6) is 0 Å². The molecule has 0 aliphatic carbocycles. The van der Waals surface area contributed by atoms with Gasteiger partial charge in [0, 0.05) is 6.21 Å². The minimum atomic E-state index is 0.938. The summed E-state index contributed by atoms with van der Waals surface area (Å²) in [4.78, 5) is 0. The van der Waals surface area contributed by atoms with Crippen LogP contribution in [-0.4, -0.2) is 6.21 Å². The van der Waals surface area contributed by atoms with Crippen molar-refractivity contribution in [2.24, 2.45) is 0 Å². The van der Waals surface area contributed by atoms with Gasteiger partial charge >= 0.3 is 0 Å². The molecule has 0 aromatic heterocycles. The average Bonchev–Trinajstić information content (AvgIpc) is 2.25. The molecule has 78 valence electrons. The number of hydrogen-bond acceptors (Lipinski definition) is 1. The van der Waals surface area contributed by atoms with Gasteiger partial charge < -0.3 is 5.41 Å². The summed E-state index contributed by atoms with van der Waals surface area (Å²) in [5, 5.41) is 6.91. The highest BCUT2D eigenvalue weighted by atomic mass is 14.3. The Morgan fingerprint density at radius 1 is 1.15 bits per heavy atom. The molecule has 0 rings (SSSR count). The molecule has 0 aliphatic rings. The van der Waals surface area contributed by atoms with Crippen molar-refractivity contribution in [3.63, 3.8) is 0 Å². The van der Waals surface area contributed by atoms with Gasteiger partial charge in [-0.1, -0.05) is 52.8 Å². The molecule has 0 unspecified atom stereocenters. The summed E-state index contributed by atoms with van der Waals surface area (Å²) < 4.78 is 0. The van der Waals surface area contributed by atoms with Gasteiger partial charge in [0.05, 0.1) is 0 Å². The molecule has 13 heavy (non-hydrogen) atoms. The van der Waals surface area contributed by atoms with Gasteiger partial charge in [-0.3, -0.25) is 0 Å². The summed E-state index contributed by atoms with van der Waals surface area (Å²) in [5.41, 5.74) is 1.06. The molecule has 0 amide bonds. The maximum atomic E-state index is 6.91. The van der Waals surface area contributed by atoms with E-state index in [1.807, 2.05) is 59.8 Å². The van der Waals surface area contributed by atoms with Gasteiger partial charge in [0.2, 0.25) is 0 Å². The molecule has 0 saturated heterocycles. The lowest BCUT2D eigenvalue weighted by Gasteiger charge is -1.88. The Kier molecular flexibility index (Phi) is 31.2. The molecule has 1 nitrogen and oxygen atoms in total. The fraction of sp³-hybridized carbons (Fsp3) is 0.583. The van der Waals surface area contributed by atoms with Crippen LogP contribution in [0.4, 0.5) is 0 Å². The van der Waals surface area contributed by atoms with Crippen LogP contribution in [0.15, 0.2) is 23.8 Å². The first-order valence-corrected chi connectivity index (χ1v) is 5.17. The fourth-order valence-corrected chi connectivity index (χ4v) is 0.488. The molecule has 0 heterocycles. The fourth-order valence-electron chi connectivity index (χ4n) is 0.488. The summed E-state index contributed by atoms with van der Waals surface area (Å²) in [6.07, 6.45) is 8.18. The lowest BCUT2D eigenvalue weighted by atomic mass is 10.2. The second-order valence-corrected chi connectivity index (χ2v) is 1.77. The molecule has 0 aliphatic heterocycles. The van der Waals surface area contributed by atoms with Crippen molar-refractivity contribution < 1.29 is 0 Å². The van der Waals surface area contributed by atoms with E-state index in [4.69, 9.17) is 5.41 Å². The maximum absolute atomic E-state index is 6.91. The maximum Gasteiger partial charge on any atom is 0.0209 e. The van der Waals surface area contributed by atoms with Crippen LogP contribution in [0.1, 0.15) is 48.0 Å². The standard InChI is InChI=1S/C8H13N.2C2H6/c1-3-5-6-8(4-2)7-9;2*1-2/h3,5-7,9H,4H2,1-2H3;2*1-2H3/b5-3-,8-6-,9-7?;;. The molecule has 1 N–H and O–H groups in total. The number of hydrogen-bond donors (Lipinski definition) is 1. The van der Waals surface area contributed by atoms with Crippen molar-refractivity contribution in [3.8, 4) is 0 Å². The smallest absolute Gasteiger partial charge is 0.0209 e. The van der Waals surface area contributed by atoms with Crippen LogP contribution in [-0.2, 0) is 0 Å². The van der Waals surface area contributed by atoms with E-state index in [2.05, 4.69) is 0 Å². The van der Waals surface area contributed by atoms with Gasteiger partial charge in [-0.15, -0.1) is 0 Å². The first kappa shape index (κ1) is 18.0. The largest absolute Gasteiger partial charge is 0.308 e. The summed E-state index contributed by atoms with van der Waals surface area (Å²) in [6, 6.07) is 0. The van der Waals surface area contributed by atoms with Crippen LogP contribution in [0.2, 0.25) is 0 Å². The topological polar surface area (TPSA) is 23.9 Å². The molecule has 0 fully saturated rings. The van der Waals surface area contributed by atoms with Crippen molar-refractivity contribution >= 4 is 6.21 Å². The molecule has 0 atom stereocenters. The SMILES string of the molecule is C/C=C\C=C(/C=N)CC.CC.CC. The van der Waals surface area contributed by atoms with E-state index in [1.54, 1.807) is 0 Å². The molecule has 0 bridgehead atoms. The van der Waals surface area contributed by atoms with Crippen molar-refractivity contribution in [3.05, 3.63) is 23.8 Å². The molecule has 0 aromatic rings. The van der Waals surface area contributed by atoms with E-state index in [-0.39, 0.29) is 0 Å². The molecule has 0 aromatic carbocycles. The quantitative estimate of drug-likeness (QED) is 0.488. The highest BCUT2D eigenvalue weighted by Gasteiger charge is 1.81. The minimum absolute atomic E-state index is 0.938. The molecule has 1 heteroatoms. The first-order valence-electron chi connectivity index (χ1n) is 5.17. The van der Waals surface area contributed by atoms with Gasteiger partial charge in [-0.05, 0) is 18.9 Å². The Morgan fingerprint density at radius 3 is 1.85 bits per heavy atom. The predicted molar refractivity (Wildman–Crippen MR) is 64.7 cm³/mol. The van der Waals surface area contributed by atoms with E-state index in [9.17, 15) is 0 Å². The zero-order valence-electron chi connectivity index (χ0n) is 10.0. The van der Waals surface area contributed by atoms with Gasteiger partial charge in [0.1, 0.15) is 0 Å². The number of allylic oxidation sites excluding steroid dienone is 4. The molecule has 0 saturated carbocycles.